The third kappa shape index (κ3) is 3.67. The summed E-state index contributed by atoms with van der Waals surface area (Å²) >= 11 is 0. The summed E-state index contributed by atoms with van der Waals surface area (Å²) in [7, 11) is 0.652. The van der Waals surface area contributed by atoms with Crippen LogP contribution in [0.3, 0.4) is 0 Å². The predicted octanol–water partition coefficient (Wildman–Crippen LogP) is 3.36. The second kappa shape index (κ2) is 6.93. The fourth-order valence-corrected chi connectivity index (χ4v) is 5.02. The van der Waals surface area contributed by atoms with Crippen LogP contribution in [0.1, 0.15) is 40.0 Å². The van der Waals surface area contributed by atoms with Crippen molar-refractivity contribution in [2.24, 2.45) is 5.41 Å². The van der Waals surface area contributed by atoms with Crippen LogP contribution in [0.5, 0.6) is 5.75 Å². The lowest BCUT2D eigenvalue weighted by Crippen LogP contribution is -2.46. The van der Waals surface area contributed by atoms with Gasteiger partial charge in [0.2, 0.25) is 0 Å². The molecule has 0 heterocycles. The fraction of sp³-hybridized carbons (Fsp3) is 0.647. The van der Waals surface area contributed by atoms with Crippen LogP contribution < -0.4 is 10.1 Å². The fourth-order valence-electron chi connectivity index (χ4n) is 3.18. The van der Waals surface area contributed by atoms with Gasteiger partial charge >= 0.3 is 0 Å². The molecule has 1 aromatic rings. The number of benzene rings is 1. The zero-order valence-corrected chi connectivity index (χ0v) is 14.3. The topological polar surface area (TPSA) is 38.3 Å². The van der Waals surface area contributed by atoms with Crippen molar-refractivity contribution in [3.05, 3.63) is 24.3 Å². The molecule has 0 spiro atoms. The number of hydrogen-bond acceptors (Lipinski definition) is 3. The lowest BCUT2D eigenvalue weighted by Gasteiger charge is -2.31. The van der Waals surface area contributed by atoms with Gasteiger partial charge in [0, 0.05) is 10.9 Å². The molecule has 1 aromatic carbocycles. The average molecular weight is 309 g/mol. The van der Waals surface area contributed by atoms with E-state index in [0.29, 0.717) is 6.04 Å². The van der Waals surface area contributed by atoms with Crippen LogP contribution >= 0.6 is 0 Å². The Labute approximate surface area is 130 Å². The Hall–Kier alpha value is -0.870. The molecule has 0 bridgehead atoms. The number of rotatable bonds is 6. The van der Waals surface area contributed by atoms with Crippen molar-refractivity contribution in [1.29, 1.82) is 0 Å². The molecular formula is C17H27NO2S. The van der Waals surface area contributed by atoms with Crippen molar-refractivity contribution in [1.82, 2.24) is 5.32 Å². The molecule has 3 nitrogen and oxygen atoms in total. The summed E-state index contributed by atoms with van der Waals surface area (Å²) in [4.78, 5) is 0.875. The lowest BCUT2D eigenvalue weighted by molar-refractivity contribution is 0.286. The third-order valence-electron chi connectivity index (χ3n) is 4.45. The summed E-state index contributed by atoms with van der Waals surface area (Å²) in [5.74, 6) is 0.774. The molecule has 0 radical (unpaired) electrons. The molecule has 0 aliphatic heterocycles. The summed E-state index contributed by atoms with van der Waals surface area (Å²) in [6.07, 6.45) is 3.23. The van der Waals surface area contributed by atoms with Crippen LogP contribution in [0.2, 0.25) is 0 Å². The first-order chi connectivity index (χ1) is 9.99. The van der Waals surface area contributed by atoms with E-state index in [0.717, 1.165) is 36.5 Å². The smallest absolute Gasteiger partial charge is 0.120 e. The highest BCUT2D eigenvalue weighted by Crippen LogP contribution is 2.41. The van der Waals surface area contributed by atoms with E-state index < -0.39 is 10.8 Å². The van der Waals surface area contributed by atoms with Crippen molar-refractivity contribution in [3.8, 4) is 5.75 Å². The molecule has 1 N–H and O–H groups in total. The molecule has 1 aliphatic rings. The molecule has 4 heteroatoms. The Morgan fingerprint density at radius 2 is 2.19 bits per heavy atom. The summed E-state index contributed by atoms with van der Waals surface area (Å²) in [5.41, 5.74) is 0.203. The Bertz CT molecular complexity index is 501. The molecule has 0 amide bonds. The largest absolute Gasteiger partial charge is 0.497 e. The predicted molar refractivity (Wildman–Crippen MR) is 88.3 cm³/mol. The Morgan fingerprint density at radius 3 is 2.86 bits per heavy atom. The monoisotopic (exact) mass is 309 g/mol. The molecular weight excluding hydrogens is 282 g/mol. The van der Waals surface area contributed by atoms with Crippen LogP contribution in [0.4, 0.5) is 0 Å². The van der Waals surface area contributed by atoms with Crippen molar-refractivity contribution < 1.29 is 8.95 Å². The van der Waals surface area contributed by atoms with E-state index in [9.17, 15) is 4.21 Å². The van der Waals surface area contributed by atoms with Gasteiger partial charge in [-0.15, -0.1) is 0 Å². The van der Waals surface area contributed by atoms with Crippen LogP contribution in [0.15, 0.2) is 29.2 Å². The quantitative estimate of drug-likeness (QED) is 0.875. The van der Waals surface area contributed by atoms with E-state index in [1.807, 2.05) is 24.3 Å². The van der Waals surface area contributed by atoms with Crippen LogP contribution in [-0.4, -0.2) is 29.2 Å². The van der Waals surface area contributed by atoms with E-state index in [1.54, 1.807) is 7.11 Å². The first kappa shape index (κ1) is 16.5. The molecule has 3 unspecified atom stereocenters. The number of hydrogen-bond donors (Lipinski definition) is 1. The van der Waals surface area contributed by atoms with Crippen LogP contribution in [0, 0.1) is 5.41 Å². The van der Waals surface area contributed by atoms with Crippen molar-refractivity contribution in [2.45, 2.75) is 56.2 Å². The summed E-state index contributed by atoms with van der Waals surface area (Å²) in [6.45, 7) is 7.72. The standard InChI is InChI=1S/C17H27NO2S/c1-5-11-18-16-15(9-10-17(16,2)3)21(19)14-8-6-7-13(12-14)20-4/h6-8,12,15-16,18H,5,9-11H2,1-4H3. The van der Waals surface area contributed by atoms with E-state index in [4.69, 9.17) is 4.74 Å². The highest BCUT2D eigenvalue weighted by molar-refractivity contribution is 7.85. The van der Waals surface area contributed by atoms with E-state index >= 15 is 0 Å². The Kier molecular flexibility index (Phi) is 5.44. The van der Waals surface area contributed by atoms with Gasteiger partial charge in [0.15, 0.2) is 0 Å². The van der Waals surface area contributed by atoms with Gasteiger partial charge in [0.05, 0.1) is 23.2 Å². The van der Waals surface area contributed by atoms with Gasteiger partial charge in [-0.3, -0.25) is 4.21 Å². The first-order valence-electron chi connectivity index (χ1n) is 7.77. The van der Waals surface area contributed by atoms with E-state index in [-0.39, 0.29) is 10.7 Å². The number of nitrogens with one attached hydrogen (secondary N) is 1. The van der Waals surface area contributed by atoms with Gasteiger partial charge < -0.3 is 10.1 Å². The van der Waals surface area contributed by atoms with Gasteiger partial charge in [0.1, 0.15) is 5.75 Å². The van der Waals surface area contributed by atoms with Gasteiger partial charge in [-0.1, -0.05) is 26.8 Å². The van der Waals surface area contributed by atoms with Gasteiger partial charge in [0.25, 0.3) is 0 Å². The highest BCUT2D eigenvalue weighted by Gasteiger charge is 2.44. The molecule has 1 saturated carbocycles. The Morgan fingerprint density at radius 1 is 1.43 bits per heavy atom. The third-order valence-corrected chi connectivity index (χ3v) is 6.23. The normalized spacial score (nSPS) is 25.7. The van der Waals surface area contributed by atoms with Gasteiger partial charge in [-0.05, 0) is 49.4 Å². The maximum Gasteiger partial charge on any atom is 0.120 e. The molecule has 2 rings (SSSR count). The van der Waals surface area contributed by atoms with E-state index in [1.165, 1.54) is 0 Å². The maximum absolute atomic E-state index is 13.0. The van der Waals surface area contributed by atoms with Crippen molar-refractivity contribution in [2.75, 3.05) is 13.7 Å². The summed E-state index contributed by atoms with van der Waals surface area (Å²) in [6, 6.07) is 7.97. The lowest BCUT2D eigenvalue weighted by atomic mass is 9.87. The minimum atomic E-state index is -0.993. The average Bonchev–Trinajstić information content (AvgIpc) is 2.79. The molecule has 0 aromatic heterocycles. The minimum Gasteiger partial charge on any atom is -0.497 e. The molecule has 1 aliphatic carbocycles. The van der Waals surface area contributed by atoms with Crippen LogP contribution in [0.25, 0.3) is 0 Å². The van der Waals surface area contributed by atoms with Gasteiger partial charge in [-0.2, -0.15) is 0 Å². The zero-order valence-electron chi connectivity index (χ0n) is 13.5. The zero-order chi connectivity index (χ0) is 15.5. The first-order valence-corrected chi connectivity index (χ1v) is 8.99. The molecule has 3 atom stereocenters. The van der Waals surface area contributed by atoms with Crippen molar-refractivity contribution >= 4 is 10.8 Å². The summed E-state index contributed by atoms with van der Waals surface area (Å²) < 4.78 is 18.2. The number of methoxy groups -OCH3 is 1. The second-order valence-electron chi connectivity index (χ2n) is 6.47. The molecule has 0 saturated heterocycles. The van der Waals surface area contributed by atoms with Crippen molar-refractivity contribution in [3.63, 3.8) is 0 Å². The molecule has 1 fully saturated rings. The Balaban J connectivity index is 2.20. The molecule has 118 valence electrons. The summed E-state index contributed by atoms with van der Waals surface area (Å²) in [5, 5.41) is 3.81. The van der Waals surface area contributed by atoms with Crippen LogP contribution in [-0.2, 0) is 10.8 Å². The molecule has 21 heavy (non-hydrogen) atoms. The minimum absolute atomic E-state index is 0.179. The highest BCUT2D eigenvalue weighted by atomic mass is 32.2. The SMILES string of the molecule is CCCNC1C(S(=O)c2cccc(OC)c2)CCC1(C)C. The van der Waals surface area contributed by atoms with E-state index in [2.05, 4.69) is 26.1 Å². The number of ether oxygens (including phenoxy) is 1. The second-order valence-corrected chi connectivity index (χ2v) is 8.15. The maximum atomic E-state index is 13.0. The van der Waals surface area contributed by atoms with Gasteiger partial charge in [-0.25, -0.2) is 0 Å².